The Morgan fingerprint density at radius 2 is 1.87 bits per heavy atom. The van der Waals surface area contributed by atoms with Crippen molar-refractivity contribution >= 4 is 28.8 Å². The molecule has 2 aromatic rings. The Morgan fingerprint density at radius 1 is 1.09 bits per heavy atom. The highest BCUT2D eigenvalue weighted by molar-refractivity contribution is 7.09. The van der Waals surface area contributed by atoms with E-state index >= 15 is 0 Å². The molecular weight excluding hydrogens is 310 g/mol. The number of carbonyl (C=O) groups excluding carboxylic acids is 2. The van der Waals surface area contributed by atoms with Gasteiger partial charge in [-0.1, -0.05) is 23.8 Å². The minimum atomic E-state index is -0.283. The number of benzene rings is 1. The lowest BCUT2D eigenvalue weighted by molar-refractivity contribution is -0.128. The number of thiophene rings is 1. The van der Waals surface area contributed by atoms with Crippen LogP contribution in [0, 0.1) is 13.8 Å². The van der Waals surface area contributed by atoms with Gasteiger partial charge in [-0.3, -0.25) is 20.4 Å². The molecule has 23 heavy (non-hydrogen) atoms. The smallest absolute Gasteiger partial charge is 0.257 e. The molecule has 2 rings (SSSR count). The van der Waals surface area contributed by atoms with Crippen LogP contribution in [0.4, 0.5) is 5.69 Å². The van der Waals surface area contributed by atoms with E-state index in [-0.39, 0.29) is 18.4 Å². The molecule has 0 unspecified atom stereocenters. The van der Waals surface area contributed by atoms with Gasteiger partial charge in [0.05, 0.1) is 6.54 Å². The number of anilines is 1. The molecule has 6 heteroatoms. The Labute approximate surface area is 140 Å². The van der Waals surface area contributed by atoms with E-state index in [2.05, 4.69) is 16.2 Å². The van der Waals surface area contributed by atoms with E-state index in [1.54, 1.807) is 11.3 Å². The molecule has 0 radical (unpaired) electrons. The number of aryl methyl sites for hydroxylation is 3. The second kappa shape index (κ2) is 8.33. The Hall–Kier alpha value is -2.34. The van der Waals surface area contributed by atoms with E-state index in [1.807, 2.05) is 49.6 Å². The predicted octanol–water partition coefficient (Wildman–Crippen LogP) is 2.56. The van der Waals surface area contributed by atoms with E-state index in [9.17, 15) is 9.59 Å². The van der Waals surface area contributed by atoms with Crippen LogP contribution in [-0.4, -0.2) is 18.4 Å². The molecule has 3 N–H and O–H groups in total. The van der Waals surface area contributed by atoms with Gasteiger partial charge in [0.2, 0.25) is 5.91 Å². The maximum absolute atomic E-state index is 11.7. The Balaban J connectivity index is 1.67. The van der Waals surface area contributed by atoms with Crippen LogP contribution in [0.15, 0.2) is 35.7 Å². The van der Waals surface area contributed by atoms with E-state index in [0.717, 1.165) is 16.1 Å². The Bertz CT molecular complexity index is 668. The second-order valence-electron chi connectivity index (χ2n) is 5.35. The zero-order valence-corrected chi connectivity index (χ0v) is 14.1. The summed E-state index contributed by atoms with van der Waals surface area (Å²) in [5.41, 5.74) is 8.02. The lowest BCUT2D eigenvalue weighted by Crippen LogP contribution is -2.44. The van der Waals surface area contributed by atoms with Crippen LogP contribution in [0.2, 0.25) is 0 Å². The zero-order valence-electron chi connectivity index (χ0n) is 13.3. The van der Waals surface area contributed by atoms with Crippen LogP contribution in [0.25, 0.3) is 0 Å². The highest BCUT2D eigenvalue weighted by Crippen LogP contribution is 2.15. The van der Waals surface area contributed by atoms with Crippen molar-refractivity contribution in [3.05, 3.63) is 51.7 Å². The molecule has 0 aliphatic carbocycles. The fourth-order valence-electron chi connectivity index (χ4n) is 2.13. The molecule has 0 bridgehead atoms. The van der Waals surface area contributed by atoms with Gasteiger partial charge >= 0.3 is 0 Å². The van der Waals surface area contributed by atoms with Crippen LogP contribution in [-0.2, 0) is 16.0 Å². The maximum atomic E-state index is 11.7. The van der Waals surface area contributed by atoms with E-state index in [4.69, 9.17) is 0 Å². The van der Waals surface area contributed by atoms with E-state index < -0.39 is 0 Å². The number of amides is 2. The number of hydrogen-bond acceptors (Lipinski definition) is 4. The first-order valence-corrected chi connectivity index (χ1v) is 8.34. The molecular formula is C17H21N3O2S. The minimum absolute atomic E-state index is 0.106. The molecule has 0 spiro atoms. The van der Waals surface area contributed by atoms with Crippen LogP contribution in [0.3, 0.4) is 0 Å². The number of rotatable bonds is 6. The second-order valence-corrected chi connectivity index (χ2v) is 6.38. The molecule has 0 aliphatic rings. The van der Waals surface area contributed by atoms with Crippen LogP contribution in [0.5, 0.6) is 0 Å². The van der Waals surface area contributed by atoms with Crippen molar-refractivity contribution in [1.82, 2.24) is 10.9 Å². The lowest BCUT2D eigenvalue weighted by Gasteiger charge is -2.11. The van der Waals surface area contributed by atoms with Crippen LogP contribution >= 0.6 is 11.3 Å². The Kier molecular flexibility index (Phi) is 6.17. The van der Waals surface area contributed by atoms with Crippen molar-refractivity contribution in [3.63, 3.8) is 0 Å². The van der Waals surface area contributed by atoms with Gasteiger partial charge in [-0.15, -0.1) is 11.3 Å². The summed E-state index contributed by atoms with van der Waals surface area (Å²) in [4.78, 5) is 24.6. The molecule has 2 amide bonds. The number of nitrogens with one attached hydrogen (secondary N) is 3. The molecule has 1 heterocycles. The summed E-state index contributed by atoms with van der Waals surface area (Å²) in [7, 11) is 0. The SMILES string of the molecule is Cc1ccc(NCC(=O)NNC(=O)CCc2cccs2)c(C)c1. The number of carbonyl (C=O) groups is 2. The number of hydrogen-bond donors (Lipinski definition) is 3. The fraction of sp³-hybridized carbons (Fsp3) is 0.294. The quantitative estimate of drug-likeness (QED) is 0.713. The van der Waals surface area contributed by atoms with Crippen molar-refractivity contribution in [2.24, 2.45) is 0 Å². The summed E-state index contributed by atoms with van der Waals surface area (Å²) in [6.45, 7) is 4.11. The monoisotopic (exact) mass is 331 g/mol. The van der Waals surface area contributed by atoms with Gasteiger partial charge in [-0.05, 0) is 43.3 Å². The molecule has 1 aromatic carbocycles. The van der Waals surface area contributed by atoms with Crippen LogP contribution in [0.1, 0.15) is 22.4 Å². The average Bonchev–Trinajstić information content (AvgIpc) is 3.03. The van der Waals surface area contributed by atoms with Crippen molar-refractivity contribution in [1.29, 1.82) is 0 Å². The third-order valence-corrected chi connectivity index (χ3v) is 4.28. The topological polar surface area (TPSA) is 70.2 Å². The third-order valence-electron chi connectivity index (χ3n) is 3.34. The summed E-state index contributed by atoms with van der Waals surface area (Å²) in [5.74, 6) is -0.479. The van der Waals surface area contributed by atoms with Gasteiger partial charge in [0, 0.05) is 17.0 Å². The fourth-order valence-corrected chi connectivity index (χ4v) is 2.83. The summed E-state index contributed by atoms with van der Waals surface area (Å²) in [6.07, 6.45) is 1.03. The molecule has 0 atom stereocenters. The molecule has 0 saturated heterocycles. The third kappa shape index (κ3) is 5.75. The summed E-state index contributed by atoms with van der Waals surface area (Å²) < 4.78 is 0. The maximum Gasteiger partial charge on any atom is 0.257 e. The van der Waals surface area contributed by atoms with Gasteiger partial charge in [0.15, 0.2) is 0 Å². The minimum Gasteiger partial charge on any atom is -0.376 e. The van der Waals surface area contributed by atoms with Gasteiger partial charge in [-0.2, -0.15) is 0 Å². The van der Waals surface area contributed by atoms with Gasteiger partial charge in [0.1, 0.15) is 0 Å². The van der Waals surface area contributed by atoms with Crippen molar-refractivity contribution < 1.29 is 9.59 Å². The summed E-state index contributed by atoms with van der Waals surface area (Å²) in [5, 5.41) is 5.04. The van der Waals surface area contributed by atoms with Gasteiger partial charge in [-0.25, -0.2) is 0 Å². The van der Waals surface area contributed by atoms with Crippen molar-refractivity contribution in [2.75, 3.05) is 11.9 Å². The first-order chi connectivity index (χ1) is 11.0. The largest absolute Gasteiger partial charge is 0.376 e. The van der Waals surface area contributed by atoms with Gasteiger partial charge < -0.3 is 5.32 Å². The normalized spacial score (nSPS) is 10.2. The average molecular weight is 331 g/mol. The van der Waals surface area contributed by atoms with Crippen molar-refractivity contribution in [3.8, 4) is 0 Å². The Morgan fingerprint density at radius 3 is 2.57 bits per heavy atom. The highest BCUT2D eigenvalue weighted by Gasteiger charge is 2.06. The van der Waals surface area contributed by atoms with Gasteiger partial charge in [0.25, 0.3) is 5.91 Å². The zero-order chi connectivity index (χ0) is 16.7. The molecule has 0 saturated carbocycles. The molecule has 0 aliphatic heterocycles. The molecule has 122 valence electrons. The molecule has 0 fully saturated rings. The molecule has 1 aromatic heterocycles. The lowest BCUT2D eigenvalue weighted by atomic mass is 10.1. The van der Waals surface area contributed by atoms with E-state index in [0.29, 0.717) is 12.8 Å². The summed E-state index contributed by atoms with van der Waals surface area (Å²) >= 11 is 1.62. The first kappa shape index (κ1) is 17.0. The van der Waals surface area contributed by atoms with Crippen molar-refractivity contribution in [2.45, 2.75) is 26.7 Å². The molecule has 5 nitrogen and oxygen atoms in total. The highest BCUT2D eigenvalue weighted by atomic mass is 32.1. The van der Waals surface area contributed by atoms with Crippen LogP contribution < -0.4 is 16.2 Å². The first-order valence-electron chi connectivity index (χ1n) is 7.46. The number of hydrazine groups is 1. The summed E-state index contributed by atoms with van der Waals surface area (Å²) in [6, 6.07) is 9.92. The van der Waals surface area contributed by atoms with E-state index in [1.165, 1.54) is 5.56 Å². The predicted molar refractivity (Wildman–Crippen MR) is 93.3 cm³/mol. The standard InChI is InChI=1S/C17H21N3O2S/c1-12-5-7-15(13(2)10-12)18-11-17(22)20-19-16(21)8-6-14-4-3-9-23-14/h3-5,7,9-10,18H,6,8,11H2,1-2H3,(H,19,21)(H,20,22).